The van der Waals surface area contributed by atoms with E-state index in [9.17, 15) is 14.9 Å². The van der Waals surface area contributed by atoms with Gasteiger partial charge in [0.25, 0.3) is 11.6 Å². The van der Waals surface area contributed by atoms with E-state index in [4.69, 9.17) is 9.73 Å². The summed E-state index contributed by atoms with van der Waals surface area (Å²) >= 11 is 8.39. The van der Waals surface area contributed by atoms with Crippen molar-refractivity contribution >= 4 is 77.8 Å². The summed E-state index contributed by atoms with van der Waals surface area (Å²) in [7, 11) is 0. The third-order valence-corrected chi connectivity index (χ3v) is 7.67. The van der Waals surface area contributed by atoms with Gasteiger partial charge in [0.2, 0.25) is 0 Å². The van der Waals surface area contributed by atoms with Crippen LogP contribution in [0.4, 0.5) is 17.1 Å². The average Bonchev–Trinajstić information content (AvgIpc) is 3.23. The van der Waals surface area contributed by atoms with Gasteiger partial charge in [-0.25, -0.2) is 4.99 Å². The highest BCUT2D eigenvalue weighted by Gasteiger charge is 2.35. The molecule has 0 bridgehead atoms. The summed E-state index contributed by atoms with van der Waals surface area (Å²) in [4.78, 5) is 31.1. The Hall–Kier alpha value is -3.73. The summed E-state index contributed by atoms with van der Waals surface area (Å²) in [5.74, 6) is 0.343. The first kappa shape index (κ1) is 26.9. The maximum absolute atomic E-state index is 13.7. The Morgan fingerprint density at radius 3 is 2.28 bits per heavy atom. The van der Waals surface area contributed by atoms with Gasteiger partial charge in [-0.3, -0.25) is 19.8 Å². The molecule has 5 rings (SSSR count). The van der Waals surface area contributed by atoms with Crippen LogP contribution in [-0.4, -0.2) is 16.0 Å². The highest BCUT2D eigenvalue weighted by Crippen LogP contribution is 2.40. The molecule has 0 unspecified atom stereocenters. The molecule has 1 fully saturated rings. The van der Waals surface area contributed by atoms with E-state index in [0.717, 1.165) is 21.4 Å². The number of benzene rings is 4. The number of carbonyl (C=O) groups is 1. The lowest BCUT2D eigenvalue weighted by molar-refractivity contribution is -0.384. The minimum atomic E-state index is -0.440. The van der Waals surface area contributed by atoms with E-state index in [1.54, 1.807) is 23.1 Å². The SMILES string of the molecule is O=C1/C(=C\c2cc(Br)cc(Br)c2OCc2ccc([N+](=O)[O-])cc2)SC(=Nc2ccccc2)N1c1ccccc1. The van der Waals surface area contributed by atoms with Crippen molar-refractivity contribution in [2.24, 2.45) is 4.99 Å². The van der Waals surface area contributed by atoms with Crippen molar-refractivity contribution < 1.29 is 14.5 Å². The largest absolute Gasteiger partial charge is 0.487 e. The van der Waals surface area contributed by atoms with Crippen LogP contribution in [0, 0.1) is 10.1 Å². The standard InChI is InChI=1S/C29H19Br2N3O4S/c30-21-15-20(27(25(31)17-21)38-18-19-11-13-24(14-12-19)34(36)37)16-26-28(35)33(23-9-5-2-6-10-23)29(39-26)32-22-7-3-1-4-8-22/h1-17H,18H2/b26-16+,32-29?. The second kappa shape index (κ2) is 12.0. The molecule has 0 N–H and O–H groups in total. The third kappa shape index (κ3) is 6.30. The van der Waals surface area contributed by atoms with Gasteiger partial charge < -0.3 is 4.74 Å². The molecule has 1 saturated heterocycles. The summed E-state index contributed by atoms with van der Waals surface area (Å²) in [6.45, 7) is 0.187. The normalized spacial score (nSPS) is 15.2. The zero-order valence-corrected chi connectivity index (χ0v) is 24.1. The number of nitrogens with zero attached hydrogens (tertiary/aromatic N) is 3. The Labute approximate surface area is 245 Å². The summed E-state index contributed by atoms with van der Waals surface area (Å²) in [5, 5.41) is 11.5. The van der Waals surface area contributed by atoms with Gasteiger partial charge in [0.1, 0.15) is 12.4 Å². The fourth-order valence-electron chi connectivity index (χ4n) is 3.82. The van der Waals surface area contributed by atoms with E-state index in [-0.39, 0.29) is 18.2 Å². The average molecular weight is 665 g/mol. The number of carbonyl (C=O) groups excluding carboxylic acids is 1. The maximum Gasteiger partial charge on any atom is 0.271 e. The van der Waals surface area contributed by atoms with E-state index in [2.05, 4.69) is 31.9 Å². The molecule has 0 saturated carbocycles. The van der Waals surface area contributed by atoms with Gasteiger partial charge in [0, 0.05) is 22.2 Å². The van der Waals surface area contributed by atoms with Crippen molar-refractivity contribution in [3.05, 3.63) is 132 Å². The molecule has 10 heteroatoms. The van der Waals surface area contributed by atoms with E-state index < -0.39 is 4.92 Å². The van der Waals surface area contributed by atoms with Gasteiger partial charge in [-0.2, -0.15) is 0 Å². The topological polar surface area (TPSA) is 85.0 Å². The van der Waals surface area contributed by atoms with Crippen molar-refractivity contribution in [3.8, 4) is 5.75 Å². The number of hydrogen-bond acceptors (Lipinski definition) is 6. The van der Waals surface area contributed by atoms with Crippen LogP contribution in [0.3, 0.4) is 0 Å². The van der Waals surface area contributed by atoms with Crippen LogP contribution in [0.5, 0.6) is 5.75 Å². The number of ether oxygens (including phenoxy) is 1. The quantitative estimate of drug-likeness (QED) is 0.112. The van der Waals surface area contributed by atoms with E-state index in [1.165, 1.54) is 23.9 Å². The molecular weight excluding hydrogens is 646 g/mol. The molecule has 7 nitrogen and oxygen atoms in total. The molecule has 1 amide bonds. The van der Waals surface area contributed by atoms with Crippen LogP contribution in [-0.2, 0) is 11.4 Å². The number of amides is 1. The van der Waals surface area contributed by atoms with Crippen LogP contribution in [0.2, 0.25) is 0 Å². The molecule has 1 aliphatic heterocycles. The van der Waals surface area contributed by atoms with Gasteiger partial charge in [0.05, 0.1) is 25.7 Å². The molecule has 4 aromatic rings. The van der Waals surface area contributed by atoms with E-state index in [1.807, 2.05) is 72.8 Å². The van der Waals surface area contributed by atoms with Crippen LogP contribution < -0.4 is 9.64 Å². The first-order valence-corrected chi connectivity index (χ1v) is 14.1. The number of aliphatic imine (C=N–C) groups is 1. The van der Waals surface area contributed by atoms with Gasteiger partial charge in [-0.05, 0) is 87.9 Å². The zero-order valence-electron chi connectivity index (χ0n) is 20.2. The first-order valence-electron chi connectivity index (χ1n) is 11.7. The highest BCUT2D eigenvalue weighted by molar-refractivity contribution is 9.11. The van der Waals surface area contributed by atoms with E-state index >= 15 is 0 Å². The maximum atomic E-state index is 13.7. The smallest absolute Gasteiger partial charge is 0.271 e. The van der Waals surface area contributed by atoms with Crippen molar-refractivity contribution in [2.45, 2.75) is 6.61 Å². The lowest BCUT2D eigenvalue weighted by Crippen LogP contribution is -2.28. The van der Waals surface area contributed by atoms with Crippen molar-refractivity contribution in [1.82, 2.24) is 0 Å². The number of halogens is 2. The Morgan fingerprint density at radius 1 is 0.949 bits per heavy atom. The Balaban J connectivity index is 1.49. The number of amidine groups is 1. The fraction of sp³-hybridized carbons (Fsp3) is 0.0345. The van der Waals surface area contributed by atoms with Crippen LogP contribution in [0.1, 0.15) is 11.1 Å². The summed E-state index contributed by atoms with van der Waals surface area (Å²) in [6.07, 6.45) is 1.79. The number of thioether (sulfide) groups is 1. The van der Waals surface area contributed by atoms with Gasteiger partial charge in [-0.1, -0.05) is 52.3 Å². The molecular formula is C29H19Br2N3O4S. The predicted octanol–water partition coefficient (Wildman–Crippen LogP) is 8.51. The Morgan fingerprint density at radius 2 is 1.62 bits per heavy atom. The molecule has 0 aromatic heterocycles. The number of nitro benzene ring substituents is 1. The molecule has 0 spiro atoms. The molecule has 0 aliphatic carbocycles. The van der Waals surface area contributed by atoms with Gasteiger partial charge in [-0.15, -0.1) is 0 Å². The number of rotatable bonds is 7. The highest BCUT2D eigenvalue weighted by atomic mass is 79.9. The molecule has 1 aliphatic rings. The lowest BCUT2D eigenvalue weighted by Gasteiger charge is -2.15. The van der Waals surface area contributed by atoms with Crippen molar-refractivity contribution in [1.29, 1.82) is 0 Å². The number of nitro groups is 1. The summed E-state index contributed by atoms with van der Waals surface area (Å²) < 4.78 is 7.64. The summed E-state index contributed by atoms with van der Waals surface area (Å²) in [6, 6.07) is 28.8. The van der Waals surface area contributed by atoms with Crippen molar-refractivity contribution in [2.75, 3.05) is 4.90 Å². The summed E-state index contributed by atoms with van der Waals surface area (Å²) in [5.41, 5.74) is 2.93. The molecule has 39 heavy (non-hydrogen) atoms. The number of anilines is 1. The number of non-ortho nitro benzene ring substituents is 1. The predicted molar refractivity (Wildman–Crippen MR) is 162 cm³/mol. The number of para-hydroxylation sites is 2. The Kier molecular flexibility index (Phi) is 8.25. The third-order valence-electron chi connectivity index (χ3n) is 5.66. The zero-order chi connectivity index (χ0) is 27.4. The van der Waals surface area contributed by atoms with Gasteiger partial charge in [0.15, 0.2) is 5.17 Å². The molecule has 1 heterocycles. The minimum absolute atomic E-state index is 0.0155. The second-order valence-corrected chi connectivity index (χ2v) is 11.1. The second-order valence-electron chi connectivity index (χ2n) is 8.33. The number of hydrogen-bond donors (Lipinski definition) is 0. The monoisotopic (exact) mass is 663 g/mol. The fourth-order valence-corrected chi connectivity index (χ4v) is 6.18. The van der Waals surface area contributed by atoms with Crippen LogP contribution in [0.25, 0.3) is 6.08 Å². The Bertz CT molecular complexity index is 1590. The van der Waals surface area contributed by atoms with Crippen molar-refractivity contribution in [3.63, 3.8) is 0 Å². The van der Waals surface area contributed by atoms with Crippen LogP contribution in [0.15, 0.2) is 116 Å². The molecule has 0 radical (unpaired) electrons. The lowest BCUT2D eigenvalue weighted by atomic mass is 10.1. The minimum Gasteiger partial charge on any atom is -0.487 e. The van der Waals surface area contributed by atoms with Gasteiger partial charge >= 0.3 is 0 Å². The van der Waals surface area contributed by atoms with E-state index in [0.29, 0.717) is 25.9 Å². The first-order chi connectivity index (χ1) is 18.9. The molecule has 4 aromatic carbocycles. The molecule has 194 valence electrons. The van der Waals surface area contributed by atoms with Crippen LogP contribution >= 0.6 is 43.6 Å². The molecule has 0 atom stereocenters.